The van der Waals surface area contributed by atoms with Crippen molar-refractivity contribution in [2.45, 2.75) is 20.8 Å². The van der Waals surface area contributed by atoms with Crippen molar-refractivity contribution >= 4 is 5.91 Å². The third-order valence-electron chi connectivity index (χ3n) is 1.63. The Morgan fingerprint density at radius 3 is 2.00 bits per heavy atom. The van der Waals surface area contributed by atoms with Crippen LogP contribution in [0.4, 0.5) is 0 Å². The molecule has 0 heterocycles. The first-order chi connectivity index (χ1) is 5.00. The highest BCUT2D eigenvalue weighted by molar-refractivity contribution is 5.92. The van der Waals surface area contributed by atoms with Gasteiger partial charge in [0.1, 0.15) is 0 Å². The van der Waals surface area contributed by atoms with Gasteiger partial charge in [-0.15, -0.1) is 0 Å². The van der Waals surface area contributed by atoms with Crippen molar-refractivity contribution in [1.29, 1.82) is 0 Å². The monoisotopic (exact) mass is 157 g/mol. The Morgan fingerprint density at radius 2 is 1.73 bits per heavy atom. The van der Waals surface area contributed by atoms with E-state index in [-0.39, 0.29) is 5.91 Å². The number of carbonyl (C=O) groups excluding carboxylic acids is 1. The molecule has 0 unspecified atom stereocenters. The van der Waals surface area contributed by atoms with Gasteiger partial charge in [0, 0.05) is 12.6 Å². The molecule has 1 amide bonds. The third kappa shape index (κ3) is 2.72. The van der Waals surface area contributed by atoms with E-state index in [4.69, 9.17) is 4.84 Å². The lowest BCUT2D eigenvalue weighted by Gasteiger charge is -2.14. The van der Waals surface area contributed by atoms with Crippen LogP contribution in [0.15, 0.2) is 11.1 Å². The van der Waals surface area contributed by atoms with E-state index in [2.05, 4.69) is 0 Å². The number of nitrogens with zero attached hydrogens (tertiary/aromatic N) is 1. The molecule has 11 heavy (non-hydrogen) atoms. The van der Waals surface area contributed by atoms with Gasteiger partial charge in [0.05, 0.1) is 7.11 Å². The van der Waals surface area contributed by atoms with Crippen molar-refractivity contribution in [3.8, 4) is 0 Å². The van der Waals surface area contributed by atoms with Crippen LogP contribution in [0.3, 0.4) is 0 Å². The predicted molar refractivity (Wildman–Crippen MR) is 43.8 cm³/mol. The van der Waals surface area contributed by atoms with Crippen molar-refractivity contribution in [3.05, 3.63) is 11.1 Å². The minimum absolute atomic E-state index is 0.0903. The highest BCUT2D eigenvalue weighted by Gasteiger charge is 2.10. The third-order valence-corrected chi connectivity index (χ3v) is 1.63. The minimum atomic E-state index is -0.0903. The van der Waals surface area contributed by atoms with Crippen LogP contribution >= 0.6 is 0 Å². The molecule has 0 aromatic rings. The van der Waals surface area contributed by atoms with Gasteiger partial charge in [-0.2, -0.15) is 0 Å². The van der Waals surface area contributed by atoms with Crippen molar-refractivity contribution in [1.82, 2.24) is 5.06 Å². The van der Waals surface area contributed by atoms with E-state index >= 15 is 0 Å². The van der Waals surface area contributed by atoms with E-state index in [0.29, 0.717) is 0 Å². The normalized spacial score (nSPS) is 9.18. The molecule has 0 radical (unpaired) electrons. The highest BCUT2D eigenvalue weighted by Crippen LogP contribution is 2.05. The van der Waals surface area contributed by atoms with E-state index in [9.17, 15) is 4.79 Å². The minimum Gasteiger partial charge on any atom is -0.274 e. The molecule has 0 aliphatic carbocycles. The molecule has 0 saturated heterocycles. The second-order valence-corrected chi connectivity index (χ2v) is 2.61. The topological polar surface area (TPSA) is 29.5 Å². The molecule has 3 nitrogen and oxygen atoms in total. The Hall–Kier alpha value is -0.830. The maximum Gasteiger partial charge on any atom is 0.272 e. The van der Waals surface area contributed by atoms with Crippen LogP contribution in [0, 0.1) is 0 Å². The van der Waals surface area contributed by atoms with E-state index < -0.39 is 0 Å². The van der Waals surface area contributed by atoms with Crippen molar-refractivity contribution in [2.75, 3.05) is 14.2 Å². The fourth-order valence-corrected chi connectivity index (χ4v) is 0.533. The van der Waals surface area contributed by atoms with Gasteiger partial charge < -0.3 is 0 Å². The van der Waals surface area contributed by atoms with Gasteiger partial charge in [0.15, 0.2) is 0 Å². The van der Waals surface area contributed by atoms with Crippen molar-refractivity contribution in [2.24, 2.45) is 0 Å². The average Bonchev–Trinajstić information content (AvgIpc) is 2.00. The molecule has 0 aromatic heterocycles. The smallest absolute Gasteiger partial charge is 0.272 e. The molecule has 0 aromatic carbocycles. The first-order valence-electron chi connectivity index (χ1n) is 3.47. The second kappa shape index (κ2) is 4.13. The molecule has 0 fully saturated rings. The number of hydroxylamine groups is 2. The Bertz CT molecular complexity index is 181. The van der Waals surface area contributed by atoms with Crippen molar-refractivity contribution in [3.63, 3.8) is 0 Å². The lowest BCUT2D eigenvalue weighted by atomic mass is 10.2. The molecule has 0 spiro atoms. The highest BCUT2D eigenvalue weighted by atomic mass is 16.7. The van der Waals surface area contributed by atoms with Crippen LogP contribution in [0.2, 0.25) is 0 Å². The molecule has 0 bridgehead atoms. The zero-order valence-electron chi connectivity index (χ0n) is 7.76. The van der Waals surface area contributed by atoms with Crippen LogP contribution in [-0.2, 0) is 9.63 Å². The fourth-order valence-electron chi connectivity index (χ4n) is 0.533. The lowest BCUT2D eigenvalue weighted by Crippen LogP contribution is -2.26. The molecule has 0 N–H and O–H groups in total. The fraction of sp³-hybridized carbons (Fsp3) is 0.625. The van der Waals surface area contributed by atoms with Crippen LogP contribution in [0.25, 0.3) is 0 Å². The average molecular weight is 157 g/mol. The number of hydrogen-bond acceptors (Lipinski definition) is 2. The summed E-state index contributed by atoms with van der Waals surface area (Å²) in [7, 11) is 3.06. The van der Waals surface area contributed by atoms with Gasteiger partial charge in [-0.3, -0.25) is 9.63 Å². The Kier molecular flexibility index (Phi) is 3.82. The van der Waals surface area contributed by atoms with Crippen LogP contribution in [0.5, 0.6) is 0 Å². The number of carbonyl (C=O) groups is 1. The standard InChI is InChI=1S/C8H15NO2/c1-6(2)7(3)8(10)9(4)11-5/h1-5H3. The zero-order valence-corrected chi connectivity index (χ0v) is 7.76. The largest absolute Gasteiger partial charge is 0.274 e. The maximum absolute atomic E-state index is 11.3. The van der Waals surface area contributed by atoms with Gasteiger partial charge in [-0.1, -0.05) is 5.57 Å². The molecule has 0 saturated carbocycles. The molecule has 64 valence electrons. The van der Waals surface area contributed by atoms with E-state index in [0.717, 1.165) is 11.1 Å². The Balaban J connectivity index is 4.38. The van der Waals surface area contributed by atoms with Gasteiger partial charge in [-0.05, 0) is 20.8 Å². The molecule has 0 aliphatic rings. The van der Waals surface area contributed by atoms with Crippen LogP contribution in [0.1, 0.15) is 20.8 Å². The number of allylic oxidation sites excluding steroid dienone is 1. The first-order valence-corrected chi connectivity index (χ1v) is 3.47. The zero-order chi connectivity index (χ0) is 9.02. The number of rotatable bonds is 2. The summed E-state index contributed by atoms with van der Waals surface area (Å²) in [5.41, 5.74) is 1.74. The van der Waals surface area contributed by atoms with E-state index in [1.54, 1.807) is 14.0 Å². The number of amides is 1. The van der Waals surface area contributed by atoms with E-state index in [1.807, 2.05) is 13.8 Å². The SMILES string of the molecule is CON(C)C(=O)C(C)=C(C)C. The molecule has 0 atom stereocenters. The van der Waals surface area contributed by atoms with Gasteiger partial charge in [0.25, 0.3) is 5.91 Å². The summed E-state index contributed by atoms with van der Waals surface area (Å²) in [5, 5.41) is 1.21. The second-order valence-electron chi connectivity index (χ2n) is 2.61. The summed E-state index contributed by atoms with van der Waals surface area (Å²) in [4.78, 5) is 16.0. The van der Waals surface area contributed by atoms with Crippen LogP contribution in [-0.4, -0.2) is 25.1 Å². The van der Waals surface area contributed by atoms with Gasteiger partial charge in [0.2, 0.25) is 0 Å². The summed E-state index contributed by atoms with van der Waals surface area (Å²) in [6.07, 6.45) is 0. The lowest BCUT2D eigenvalue weighted by molar-refractivity contribution is -0.163. The summed E-state index contributed by atoms with van der Waals surface area (Å²) in [6, 6.07) is 0. The van der Waals surface area contributed by atoms with E-state index in [1.165, 1.54) is 12.2 Å². The summed E-state index contributed by atoms with van der Waals surface area (Å²) >= 11 is 0. The molecular weight excluding hydrogens is 142 g/mol. The summed E-state index contributed by atoms with van der Waals surface area (Å²) < 4.78 is 0. The van der Waals surface area contributed by atoms with Crippen molar-refractivity contribution < 1.29 is 9.63 Å². The summed E-state index contributed by atoms with van der Waals surface area (Å²) in [5.74, 6) is -0.0903. The number of likely N-dealkylation sites (N-methyl/N-ethyl adjacent to an activating group) is 1. The quantitative estimate of drug-likeness (QED) is 0.447. The molecule has 3 heteroatoms. The summed E-state index contributed by atoms with van der Waals surface area (Å²) in [6.45, 7) is 5.58. The van der Waals surface area contributed by atoms with Crippen LogP contribution < -0.4 is 0 Å². The Labute approximate surface area is 67.6 Å². The Morgan fingerprint density at radius 1 is 1.27 bits per heavy atom. The number of hydrogen-bond donors (Lipinski definition) is 0. The predicted octanol–water partition coefficient (Wildman–Crippen LogP) is 1.36. The molecule has 0 rings (SSSR count). The van der Waals surface area contributed by atoms with Gasteiger partial charge in [-0.25, -0.2) is 5.06 Å². The maximum atomic E-state index is 11.3. The molecular formula is C8H15NO2. The molecule has 0 aliphatic heterocycles. The van der Waals surface area contributed by atoms with Gasteiger partial charge >= 0.3 is 0 Å². The first kappa shape index (κ1) is 10.2.